The average Bonchev–Trinajstić information content (AvgIpc) is 2.53. The van der Waals surface area contributed by atoms with Gasteiger partial charge in [-0.3, -0.25) is 9.59 Å². The fourth-order valence-corrected chi connectivity index (χ4v) is 4.44. The van der Waals surface area contributed by atoms with Crippen LogP contribution < -0.4 is 0 Å². The predicted molar refractivity (Wildman–Crippen MR) is 48.6 cm³/mol. The van der Waals surface area contributed by atoms with E-state index in [1.54, 1.807) is 0 Å². The quantitative estimate of drug-likeness (QED) is 0.685. The first-order valence-corrected chi connectivity index (χ1v) is 5.09. The van der Waals surface area contributed by atoms with E-state index in [1.165, 1.54) is 0 Å². The van der Waals surface area contributed by atoms with E-state index >= 15 is 0 Å². The second-order valence-electron chi connectivity index (χ2n) is 5.78. The summed E-state index contributed by atoms with van der Waals surface area (Å²) in [6.45, 7) is 5.85. The van der Waals surface area contributed by atoms with E-state index in [0.717, 1.165) is 6.42 Å². The summed E-state index contributed by atoms with van der Waals surface area (Å²) in [6, 6.07) is 0. The van der Waals surface area contributed by atoms with Gasteiger partial charge in [0.05, 0.1) is 5.41 Å². The first-order valence-electron chi connectivity index (χ1n) is 5.09. The Balaban J connectivity index is 2.26. The standard InChI is InChI=1S/C11H14O3/c1-9(2)10(3)4-5-6(7(10)12)11(5,9)8(13)14/h5-6H,4H2,1-3H3,(H,13,14)/t5-,6-,10+,11+/m0/s1. The van der Waals surface area contributed by atoms with E-state index < -0.39 is 11.4 Å². The smallest absolute Gasteiger partial charge is 0.311 e. The molecule has 4 bridgehead atoms. The predicted octanol–water partition coefficient (Wildman–Crippen LogP) is 1.32. The molecule has 4 aliphatic carbocycles. The van der Waals surface area contributed by atoms with Crippen LogP contribution in [-0.4, -0.2) is 16.9 Å². The molecular formula is C11H14O3. The maximum absolute atomic E-state index is 12.0. The summed E-state index contributed by atoms with van der Waals surface area (Å²) >= 11 is 0. The van der Waals surface area contributed by atoms with Crippen molar-refractivity contribution in [3.8, 4) is 0 Å². The Hall–Kier alpha value is -0.860. The van der Waals surface area contributed by atoms with Gasteiger partial charge in [-0.25, -0.2) is 0 Å². The van der Waals surface area contributed by atoms with Crippen molar-refractivity contribution >= 4 is 11.8 Å². The van der Waals surface area contributed by atoms with Crippen LogP contribution in [0.1, 0.15) is 27.2 Å². The zero-order valence-electron chi connectivity index (χ0n) is 8.63. The summed E-state index contributed by atoms with van der Waals surface area (Å²) in [6.07, 6.45) is 0.788. The van der Waals surface area contributed by atoms with Crippen LogP contribution in [0.4, 0.5) is 0 Å². The Labute approximate surface area is 82.5 Å². The Morgan fingerprint density at radius 3 is 2.14 bits per heavy atom. The van der Waals surface area contributed by atoms with Gasteiger partial charge in [-0.15, -0.1) is 0 Å². The van der Waals surface area contributed by atoms with Crippen molar-refractivity contribution in [2.24, 2.45) is 28.1 Å². The number of carboxylic acid groups (broad SMARTS) is 1. The van der Waals surface area contributed by atoms with Gasteiger partial charge in [0.15, 0.2) is 0 Å². The van der Waals surface area contributed by atoms with Gasteiger partial charge in [0.25, 0.3) is 0 Å². The van der Waals surface area contributed by atoms with E-state index in [4.69, 9.17) is 0 Å². The van der Waals surface area contributed by atoms with E-state index in [9.17, 15) is 14.7 Å². The number of rotatable bonds is 1. The number of carboxylic acids is 1. The monoisotopic (exact) mass is 194 g/mol. The van der Waals surface area contributed by atoms with Crippen LogP contribution in [0.5, 0.6) is 0 Å². The van der Waals surface area contributed by atoms with Gasteiger partial charge >= 0.3 is 5.97 Å². The second kappa shape index (κ2) is 1.66. The summed E-state index contributed by atoms with van der Waals surface area (Å²) < 4.78 is 0. The van der Waals surface area contributed by atoms with Gasteiger partial charge in [-0.2, -0.15) is 0 Å². The zero-order chi connectivity index (χ0) is 10.5. The molecule has 0 amide bonds. The Morgan fingerprint density at radius 1 is 1.43 bits per heavy atom. The fraction of sp³-hybridized carbons (Fsp3) is 0.818. The topological polar surface area (TPSA) is 54.4 Å². The van der Waals surface area contributed by atoms with Crippen LogP contribution in [0.15, 0.2) is 0 Å². The van der Waals surface area contributed by atoms with Crippen molar-refractivity contribution in [1.29, 1.82) is 0 Å². The molecule has 4 aliphatic rings. The lowest BCUT2D eigenvalue weighted by molar-refractivity contribution is -0.148. The maximum atomic E-state index is 12.0. The van der Waals surface area contributed by atoms with Gasteiger partial charge in [0.1, 0.15) is 5.78 Å². The third-order valence-corrected chi connectivity index (χ3v) is 5.59. The lowest BCUT2D eigenvalue weighted by Gasteiger charge is -2.35. The molecule has 4 fully saturated rings. The third kappa shape index (κ3) is 0.421. The lowest BCUT2D eigenvalue weighted by Crippen LogP contribution is -2.38. The van der Waals surface area contributed by atoms with Crippen molar-refractivity contribution < 1.29 is 14.7 Å². The molecular weight excluding hydrogens is 180 g/mol. The highest BCUT2D eigenvalue weighted by Crippen LogP contribution is 2.88. The molecule has 4 saturated carbocycles. The van der Waals surface area contributed by atoms with E-state index in [0.29, 0.717) is 0 Å². The van der Waals surface area contributed by atoms with Gasteiger partial charge in [0.2, 0.25) is 0 Å². The molecule has 0 spiro atoms. The molecule has 0 aromatic heterocycles. The van der Waals surface area contributed by atoms with Crippen LogP contribution in [0.25, 0.3) is 0 Å². The summed E-state index contributed by atoms with van der Waals surface area (Å²) in [5.74, 6) is -0.588. The molecule has 1 N–H and O–H groups in total. The second-order valence-corrected chi connectivity index (χ2v) is 5.78. The Bertz CT molecular complexity index is 384. The van der Waals surface area contributed by atoms with Crippen LogP contribution in [0, 0.1) is 28.1 Å². The highest BCUT2D eigenvalue weighted by molar-refractivity contribution is 6.06. The molecule has 3 nitrogen and oxygen atoms in total. The molecule has 0 aromatic carbocycles. The van der Waals surface area contributed by atoms with Crippen LogP contribution in [0.2, 0.25) is 0 Å². The van der Waals surface area contributed by atoms with Gasteiger partial charge in [0, 0.05) is 11.3 Å². The van der Waals surface area contributed by atoms with Crippen molar-refractivity contribution in [2.75, 3.05) is 0 Å². The van der Waals surface area contributed by atoms with Crippen molar-refractivity contribution in [3.05, 3.63) is 0 Å². The van der Waals surface area contributed by atoms with Crippen molar-refractivity contribution in [1.82, 2.24) is 0 Å². The fourth-order valence-electron chi connectivity index (χ4n) is 4.44. The molecule has 0 heterocycles. The zero-order valence-corrected chi connectivity index (χ0v) is 8.63. The highest BCUT2D eigenvalue weighted by Gasteiger charge is 2.94. The molecule has 0 unspecified atom stereocenters. The van der Waals surface area contributed by atoms with Crippen molar-refractivity contribution in [2.45, 2.75) is 27.2 Å². The summed E-state index contributed by atoms with van der Waals surface area (Å²) in [4.78, 5) is 23.3. The summed E-state index contributed by atoms with van der Waals surface area (Å²) in [7, 11) is 0. The third-order valence-electron chi connectivity index (χ3n) is 5.59. The number of hydrogen-bond donors (Lipinski definition) is 1. The molecule has 3 heteroatoms. The van der Waals surface area contributed by atoms with Gasteiger partial charge in [-0.1, -0.05) is 20.8 Å². The SMILES string of the molecule is CC1(C)[C@@]2(C(=O)O)[C@@H]3C(=O)[C@@]1(C)C[C@@H]32. The first-order chi connectivity index (χ1) is 6.32. The van der Waals surface area contributed by atoms with Crippen molar-refractivity contribution in [3.63, 3.8) is 0 Å². The van der Waals surface area contributed by atoms with Crippen LogP contribution in [0.3, 0.4) is 0 Å². The van der Waals surface area contributed by atoms with Crippen LogP contribution >= 0.6 is 0 Å². The Morgan fingerprint density at radius 2 is 2.00 bits per heavy atom. The molecule has 0 aromatic rings. The molecule has 0 aliphatic heterocycles. The number of hydrogen-bond acceptors (Lipinski definition) is 2. The molecule has 0 radical (unpaired) electrons. The van der Waals surface area contributed by atoms with E-state index in [-0.39, 0.29) is 28.4 Å². The van der Waals surface area contributed by atoms with Gasteiger partial charge in [-0.05, 0) is 17.8 Å². The number of carbonyl (C=O) groups is 2. The van der Waals surface area contributed by atoms with E-state index in [2.05, 4.69) is 0 Å². The molecule has 76 valence electrons. The highest BCUT2D eigenvalue weighted by atomic mass is 16.4. The van der Waals surface area contributed by atoms with Gasteiger partial charge < -0.3 is 5.11 Å². The first kappa shape index (κ1) is 8.45. The number of aliphatic carboxylic acids is 1. The normalized spacial score (nSPS) is 56.4. The van der Waals surface area contributed by atoms with Crippen LogP contribution in [-0.2, 0) is 9.59 Å². The summed E-state index contributed by atoms with van der Waals surface area (Å²) in [5.41, 5.74) is -1.45. The summed E-state index contributed by atoms with van der Waals surface area (Å²) in [5, 5.41) is 9.33. The van der Waals surface area contributed by atoms with E-state index in [1.807, 2.05) is 20.8 Å². The molecule has 0 saturated heterocycles. The largest absolute Gasteiger partial charge is 0.481 e. The molecule has 4 rings (SSSR count). The number of ketones is 1. The Kier molecular flexibility index (Phi) is 1.00. The molecule has 14 heavy (non-hydrogen) atoms. The minimum atomic E-state index is -0.757. The lowest BCUT2D eigenvalue weighted by atomic mass is 9.66. The minimum Gasteiger partial charge on any atom is -0.481 e. The average molecular weight is 194 g/mol. The molecule has 4 atom stereocenters. The maximum Gasteiger partial charge on any atom is 0.311 e. The number of carbonyl (C=O) groups excluding carboxylic acids is 1. The minimum absolute atomic E-state index is 0.132. The number of Topliss-reactive ketones (excluding diaryl/α,β-unsaturated/α-hetero) is 1.